The maximum atomic E-state index is 11.9. The van der Waals surface area contributed by atoms with Crippen LogP contribution in [0.4, 0.5) is 0 Å². The molecule has 0 radical (unpaired) electrons. The molecule has 6 heteroatoms. The number of hydrogen-bond acceptors (Lipinski definition) is 3. The molecule has 0 atom stereocenters. The van der Waals surface area contributed by atoms with Gasteiger partial charge in [-0.3, -0.25) is 0 Å². The maximum absolute atomic E-state index is 11.9. The van der Waals surface area contributed by atoms with Crippen LogP contribution in [-0.4, -0.2) is 39.6 Å². The highest BCUT2D eigenvalue weighted by atomic mass is 32.2. The van der Waals surface area contributed by atoms with Gasteiger partial charge in [0.25, 0.3) is 0 Å². The highest BCUT2D eigenvalue weighted by Gasteiger charge is 2.13. The van der Waals surface area contributed by atoms with E-state index in [4.69, 9.17) is 0 Å². The number of rotatable bonds is 5. The zero-order chi connectivity index (χ0) is 17.6. The van der Waals surface area contributed by atoms with Crippen LogP contribution in [0.5, 0.6) is 0 Å². The van der Waals surface area contributed by atoms with Gasteiger partial charge in [-0.1, -0.05) is 48.5 Å². The van der Waals surface area contributed by atoms with Crippen molar-refractivity contribution < 1.29 is 8.42 Å². The number of benzene rings is 2. The summed E-state index contributed by atoms with van der Waals surface area (Å²) in [4.78, 5) is 6.81. The number of nitrogens with one attached hydrogen (secondary N) is 1. The first-order valence-corrected chi connectivity index (χ1v) is 9.54. The van der Waals surface area contributed by atoms with Crippen LogP contribution in [0, 0.1) is 0 Å². The molecule has 0 aliphatic rings. The Labute approximate surface area is 144 Å². The fourth-order valence-corrected chi connectivity index (χ4v) is 3.23. The van der Waals surface area contributed by atoms with Crippen molar-refractivity contribution in [2.24, 2.45) is 4.99 Å². The summed E-state index contributed by atoms with van der Waals surface area (Å²) < 4.78 is 23.7. The molecule has 0 fully saturated rings. The van der Waals surface area contributed by atoms with E-state index in [0.717, 1.165) is 11.1 Å². The molecule has 0 bridgehead atoms. The smallest absolute Gasteiger partial charge is 0.194 e. The fraction of sp³-hybridized carbons (Fsp3) is 0.278. The van der Waals surface area contributed by atoms with Crippen LogP contribution < -0.4 is 5.32 Å². The summed E-state index contributed by atoms with van der Waals surface area (Å²) in [6, 6.07) is 17.0. The Morgan fingerprint density at radius 3 is 2.29 bits per heavy atom. The van der Waals surface area contributed by atoms with Gasteiger partial charge in [-0.2, -0.15) is 0 Å². The molecule has 2 aromatic carbocycles. The van der Waals surface area contributed by atoms with E-state index < -0.39 is 9.84 Å². The van der Waals surface area contributed by atoms with Gasteiger partial charge in [0, 0.05) is 26.9 Å². The first-order chi connectivity index (χ1) is 11.4. The molecule has 2 aromatic rings. The molecule has 0 aromatic heterocycles. The molecule has 5 nitrogen and oxygen atoms in total. The predicted molar refractivity (Wildman–Crippen MR) is 97.7 cm³/mol. The van der Waals surface area contributed by atoms with Crippen molar-refractivity contribution in [1.29, 1.82) is 0 Å². The molecule has 128 valence electrons. The summed E-state index contributed by atoms with van der Waals surface area (Å²) in [6.07, 6.45) is 1.22. The second-order valence-corrected chi connectivity index (χ2v) is 7.74. The Morgan fingerprint density at radius 1 is 1.04 bits per heavy atom. The number of guanidine groups is 1. The molecule has 0 heterocycles. The van der Waals surface area contributed by atoms with E-state index in [-0.39, 0.29) is 0 Å². The van der Waals surface area contributed by atoms with E-state index in [1.807, 2.05) is 61.5 Å². The average Bonchev–Trinajstić information content (AvgIpc) is 2.55. The molecule has 0 saturated heterocycles. The normalized spacial score (nSPS) is 12.0. The fourth-order valence-electron chi connectivity index (χ4n) is 2.29. The summed E-state index contributed by atoms with van der Waals surface area (Å²) in [5.41, 5.74) is 1.85. The molecule has 0 spiro atoms. The monoisotopic (exact) mass is 345 g/mol. The van der Waals surface area contributed by atoms with Gasteiger partial charge in [-0.25, -0.2) is 13.4 Å². The van der Waals surface area contributed by atoms with Crippen LogP contribution in [0.1, 0.15) is 11.1 Å². The summed E-state index contributed by atoms with van der Waals surface area (Å²) in [6.45, 7) is 0.962. The van der Waals surface area contributed by atoms with E-state index in [9.17, 15) is 8.42 Å². The van der Waals surface area contributed by atoms with Gasteiger partial charge < -0.3 is 10.2 Å². The van der Waals surface area contributed by atoms with Crippen molar-refractivity contribution in [2.75, 3.05) is 20.4 Å². The number of nitrogens with zero attached hydrogens (tertiary/aromatic N) is 2. The van der Waals surface area contributed by atoms with Crippen molar-refractivity contribution in [2.45, 2.75) is 18.0 Å². The van der Waals surface area contributed by atoms with Gasteiger partial charge in [0.1, 0.15) is 0 Å². The maximum Gasteiger partial charge on any atom is 0.194 e. The number of hydrogen-bond donors (Lipinski definition) is 1. The Morgan fingerprint density at radius 2 is 1.67 bits per heavy atom. The topological polar surface area (TPSA) is 61.8 Å². The molecular weight excluding hydrogens is 322 g/mol. The standard InChI is InChI=1S/C18H23N3O2S/c1-21(2)18(19-13-15-9-5-4-6-10-15)20-14-16-11-7-8-12-17(16)24(3,22)23/h4-12H,13-14H2,1-3H3,(H,19,20). The Hall–Kier alpha value is -2.34. The minimum absolute atomic E-state index is 0.346. The summed E-state index contributed by atoms with van der Waals surface area (Å²) in [5, 5.41) is 3.23. The first-order valence-electron chi connectivity index (χ1n) is 7.65. The Balaban J connectivity index is 2.13. The first kappa shape index (κ1) is 18.0. The largest absolute Gasteiger partial charge is 0.352 e. The van der Waals surface area contributed by atoms with E-state index >= 15 is 0 Å². The highest BCUT2D eigenvalue weighted by molar-refractivity contribution is 7.90. The van der Waals surface area contributed by atoms with Gasteiger partial charge >= 0.3 is 0 Å². The van der Waals surface area contributed by atoms with Crippen LogP contribution in [0.15, 0.2) is 64.5 Å². The Kier molecular flexibility index (Phi) is 5.98. The third-order valence-electron chi connectivity index (χ3n) is 3.49. The number of sulfone groups is 1. The van der Waals surface area contributed by atoms with Gasteiger partial charge in [-0.15, -0.1) is 0 Å². The molecular formula is C18H23N3O2S. The minimum Gasteiger partial charge on any atom is -0.352 e. The van der Waals surface area contributed by atoms with Gasteiger partial charge in [0.2, 0.25) is 0 Å². The average molecular weight is 345 g/mol. The second kappa shape index (κ2) is 7.97. The molecule has 2 rings (SSSR count). The molecule has 1 N–H and O–H groups in total. The van der Waals surface area contributed by atoms with Crippen molar-refractivity contribution >= 4 is 15.8 Å². The molecule has 0 aliphatic heterocycles. The van der Waals surface area contributed by atoms with Crippen LogP contribution in [0.2, 0.25) is 0 Å². The lowest BCUT2D eigenvalue weighted by Gasteiger charge is -2.18. The quantitative estimate of drug-likeness (QED) is 0.667. The van der Waals surface area contributed by atoms with Crippen LogP contribution in [0.25, 0.3) is 0 Å². The van der Waals surface area contributed by atoms with E-state index in [2.05, 4.69) is 10.3 Å². The summed E-state index contributed by atoms with van der Waals surface area (Å²) in [5.74, 6) is 0.710. The van der Waals surface area contributed by atoms with E-state index in [0.29, 0.717) is 23.9 Å². The summed E-state index contributed by atoms with van der Waals surface area (Å²) >= 11 is 0. The van der Waals surface area contributed by atoms with E-state index in [1.54, 1.807) is 12.1 Å². The molecule has 0 saturated carbocycles. The van der Waals surface area contributed by atoms with Gasteiger partial charge in [-0.05, 0) is 17.2 Å². The molecule has 0 aliphatic carbocycles. The van der Waals surface area contributed by atoms with Crippen LogP contribution in [0.3, 0.4) is 0 Å². The van der Waals surface area contributed by atoms with Gasteiger partial charge in [0.15, 0.2) is 15.8 Å². The SMILES string of the molecule is CN(C)C(=NCc1ccccc1)NCc1ccccc1S(C)(=O)=O. The third kappa shape index (κ3) is 5.09. The minimum atomic E-state index is -3.25. The van der Waals surface area contributed by atoms with Gasteiger partial charge in [0.05, 0.1) is 11.4 Å². The lowest BCUT2D eigenvalue weighted by atomic mass is 10.2. The van der Waals surface area contributed by atoms with Crippen molar-refractivity contribution in [3.05, 3.63) is 65.7 Å². The zero-order valence-corrected chi connectivity index (χ0v) is 15.0. The van der Waals surface area contributed by atoms with E-state index in [1.165, 1.54) is 6.26 Å². The lowest BCUT2D eigenvalue weighted by molar-refractivity contribution is 0.576. The lowest BCUT2D eigenvalue weighted by Crippen LogP contribution is -2.36. The molecule has 0 unspecified atom stereocenters. The summed E-state index contributed by atoms with van der Waals surface area (Å²) in [7, 11) is 0.554. The highest BCUT2D eigenvalue weighted by Crippen LogP contribution is 2.15. The molecule has 24 heavy (non-hydrogen) atoms. The zero-order valence-electron chi connectivity index (χ0n) is 14.2. The second-order valence-electron chi connectivity index (χ2n) is 5.75. The molecule has 0 amide bonds. The van der Waals surface area contributed by atoms with Crippen molar-refractivity contribution in [3.8, 4) is 0 Å². The Bertz CT molecular complexity index is 800. The number of aliphatic imine (C=N–C) groups is 1. The third-order valence-corrected chi connectivity index (χ3v) is 4.68. The predicted octanol–water partition coefficient (Wildman–Crippen LogP) is 2.30. The van der Waals surface area contributed by atoms with Crippen molar-refractivity contribution in [3.63, 3.8) is 0 Å². The van der Waals surface area contributed by atoms with Crippen LogP contribution >= 0.6 is 0 Å². The van der Waals surface area contributed by atoms with Crippen molar-refractivity contribution in [1.82, 2.24) is 10.2 Å². The van der Waals surface area contributed by atoms with Crippen LogP contribution in [-0.2, 0) is 22.9 Å².